The zero-order valence-corrected chi connectivity index (χ0v) is 21.3. The Morgan fingerprint density at radius 3 is 2.59 bits per heavy atom. The molecule has 5 rings (SSSR count). The third-order valence-electron chi connectivity index (χ3n) is 5.71. The summed E-state index contributed by atoms with van der Waals surface area (Å²) in [5.41, 5.74) is 2.96. The Hall–Kier alpha value is -3.24. The number of aryl methyl sites for hydroxylation is 1. The van der Waals surface area contributed by atoms with Gasteiger partial charge in [0, 0.05) is 9.13 Å². The average molecular weight is 582 g/mol. The first kappa shape index (κ1) is 22.5. The van der Waals surface area contributed by atoms with Gasteiger partial charge in [-0.2, -0.15) is 0 Å². The SMILES string of the molecule is COc1cccc(/C(O)=C2\C(=O)C(=O)N(c3nc4ccc(C)cc4s3)C2c2ccc(I)cc2)c1. The number of aliphatic hydroxyl groups is 1. The minimum absolute atomic E-state index is 0.0231. The highest BCUT2D eigenvalue weighted by Crippen LogP contribution is 2.44. The number of carbonyl (C=O) groups excluding carboxylic acids is 2. The van der Waals surface area contributed by atoms with E-state index in [0.29, 0.717) is 22.0 Å². The third-order valence-corrected chi connectivity index (χ3v) is 7.45. The number of aliphatic hydroxyl groups excluding tert-OH is 1. The zero-order valence-electron chi connectivity index (χ0n) is 18.3. The summed E-state index contributed by atoms with van der Waals surface area (Å²) < 4.78 is 7.21. The van der Waals surface area contributed by atoms with Crippen LogP contribution in [0.4, 0.5) is 5.13 Å². The van der Waals surface area contributed by atoms with Gasteiger partial charge in [-0.25, -0.2) is 4.98 Å². The van der Waals surface area contributed by atoms with Gasteiger partial charge in [0.15, 0.2) is 5.13 Å². The average Bonchev–Trinajstić information content (AvgIpc) is 3.37. The maximum absolute atomic E-state index is 13.3. The molecule has 0 saturated carbocycles. The number of hydrogen-bond acceptors (Lipinski definition) is 6. The van der Waals surface area contributed by atoms with Crippen molar-refractivity contribution in [2.24, 2.45) is 0 Å². The molecule has 1 amide bonds. The van der Waals surface area contributed by atoms with E-state index in [1.165, 1.54) is 23.3 Å². The van der Waals surface area contributed by atoms with Crippen LogP contribution in [0.25, 0.3) is 16.0 Å². The highest BCUT2D eigenvalue weighted by Gasteiger charge is 2.48. The number of ketones is 1. The highest BCUT2D eigenvalue weighted by molar-refractivity contribution is 14.1. The topological polar surface area (TPSA) is 79.7 Å². The highest BCUT2D eigenvalue weighted by atomic mass is 127. The summed E-state index contributed by atoms with van der Waals surface area (Å²) in [5.74, 6) is -1.19. The molecule has 0 radical (unpaired) electrons. The summed E-state index contributed by atoms with van der Waals surface area (Å²) in [6.45, 7) is 1.99. The number of nitrogens with zero attached hydrogens (tertiary/aromatic N) is 2. The van der Waals surface area contributed by atoms with E-state index < -0.39 is 17.7 Å². The van der Waals surface area contributed by atoms with Gasteiger partial charge in [0.1, 0.15) is 11.5 Å². The molecule has 1 fully saturated rings. The summed E-state index contributed by atoms with van der Waals surface area (Å²) in [7, 11) is 1.53. The maximum atomic E-state index is 13.3. The largest absolute Gasteiger partial charge is 0.507 e. The molecule has 6 nitrogen and oxygen atoms in total. The molecule has 1 atom stereocenters. The number of thiazole rings is 1. The van der Waals surface area contributed by atoms with Crippen molar-refractivity contribution in [2.75, 3.05) is 12.0 Å². The molecule has 0 bridgehead atoms. The molecule has 8 heteroatoms. The van der Waals surface area contributed by atoms with Crippen LogP contribution in [0.5, 0.6) is 5.75 Å². The summed E-state index contributed by atoms with van der Waals surface area (Å²) in [4.78, 5) is 32.7. The number of aromatic nitrogens is 1. The number of anilines is 1. The molecule has 1 unspecified atom stereocenters. The Balaban J connectivity index is 1.73. The normalized spacial score (nSPS) is 17.5. The molecule has 34 heavy (non-hydrogen) atoms. The first-order valence-electron chi connectivity index (χ1n) is 10.5. The van der Waals surface area contributed by atoms with Crippen molar-refractivity contribution in [1.82, 2.24) is 4.98 Å². The smallest absolute Gasteiger partial charge is 0.301 e. The van der Waals surface area contributed by atoms with Crippen LogP contribution in [-0.2, 0) is 9.59 Å². The van der Waals surface area contributed by atoms with Gasteiger partial charge in [0.05, 0.1) is 28.9 Å². The maximum Gasteiger partial charge on any atom is 0.301 e. The van der Waals surface area contributed by atoms with Crippen LogP contribution in [0.3, 0.4) is 0 Å². The van der Waals surface area contributed by atoms with Crippen molar-refractivity contribution in [3.8, 4) is 5.75 Å². The fourth-order valence-corrected chi connectivity index (χ4v) is 5.49. The van der Waals surface area contributed by atoms with E-state index in [4.69, 9.17) is 4.74 Å². The predicted octanol–water partition coefficient (Wildman–Crippen LogP) is 5.84. The Bertz CT molecular complexity index is 1480. The molecule has 1 saturated heterocycles. The van der Waals surface area contributed by atoms with E-state index in [0.717, 1.165) is 19.4 Å². The van der Waals surface area contributed by atoms with Gasteiger partial charge < -0.3 is 9.84 Å². The number of halogens is 1. The number of methoxy groups -OCH3 is 1. The van der Waals surface area contributed by atoms with Crippen LogP contribution < -0.4 is 9.64 Å². The van der Waals surface area contributed by atoms with E-state index in [1.807, 2.05) is 49.4 Å². The fraction of sp³-hybridized carbons (Fsp3) is 0.115. The number of benzene rings is 3. The van der Waals surface area contributed by atoms with Gasteiger partial charge >= 0.3 is 5.91 Å². The zero-order chi connectivity index (χ0) is 24.0. The second-order valence-electron chi connectivity index (χ2n) is 7.92. The molecule has 1 aliphatic heterocycles. The third kappa shape index (κ3) is 3.86. The summed E-state index contributed by atoms with van der Waals surface area (Å²) >= 11 is 3.55. The van der Waals surface area contributed by atoms with Crippen molar-refractivity contribution in [2.45, 2.75) is 13.0 Å². The lowest BCUT2D eigenvalue weighted by Crippen LogP contribution is -2.29. The van der Waals surface area contributed by atoms with Gasteiger partial charge in [-0.3, -0.25) is 14.5 Å². The van der Waals surface area contributed by atoms with Gasteiger partial charge in [-0.05, 0) is 77.0 Å². The van der Waals surface area contributed by atoms with Crippen molar-refractivity contribution in [3.05, 3.63) is 92.6 Å². The Morgan fingerprint density at radius 1 is 1.09 bits per heavy atom. The molecule has 2 heterocycles. The lowest BCUT2D eigenvalue weighted by molar-refractivity contribution is -0.132. The van der Waals surface area contributed by atoms with E-state index in [1.54, 1.807) is 24.3 Å². The standard InChI is InChI=1S/C26H19IN2O4S/c1-14-6-11-19-20(12-14)34-26(28-19)29-22(15-7-9-17(27)10-8-15)21(24(31)25(29)32)23(30)16-4-3-5-18(13-16)33-2/h3-13,22,30H,1-2H3/b23-21+. The van der Waals surface area contributed by atoms with Crippen LogP contribution in [0.15, 0.2) is 72.3 Å². The second-order valence-corrected chi connectivity index (χ2v) is 10.2. The van der Waals surface area contributed by atoms with Gasteiger partial charge in [0.2, 0.25) is 0 Å². The second kappa shape index (κ2) is 8.84. The van der Waals surface area contributed by atoms with Crippen LogP contribution >= 0.6 is 33.9 Å². The lowest BCUT2D eigenvalue weighted by atomic mass is 9.95. The van der Waals surface area contributed by atoms with Crippen molar-refractivity contribution in [1.29, 1.82) is 0 Å². The quantitative estimate of drug-likeness (QED) is 0.142. The lowest BCUT2D eigenvalue weighted by Gasteiger charge is -2.23. The van der Waals surface area contributed by atoms with Crippen molar-refractivity contribution < 1.29 is 19.4 Å². The molecule has 1 aliphatic rings. The number of carbonyl (C=O) groups is 2. The Morgan fingerprint density at radius 2 is 1.85 bits per heavy atom. The minimum Gasteiger partial charge on any atom is -0.507 e. The van der Waals surface area contributed by atoms with Gasteiger partial charge in [-0.1, -0.05) is 41.7 Å². The number of Topliss-reactive ketones (excluding diaryl/α,β-unsaturated/α-hetero) is 1. The van der Waals surface area contributed by atoms with Crippen LogP contribution in [0.2, 0.25) is 0 Å². The van der Waals surface area contributed by atoms with Gasteiger partial charge in [0.25, 0.3) is 5.78 Å². The summed E-state index contributed by atoms with van der Waals surface area (Å²) in [6.07, 6.45) is 0. The summed E-state index contributed by atoms with van der Waals surface area (Å²) in [6, 6.07) is 19.4. The number of fused-ring (bicyclic) bond motifs is 1. The van der Waals surface area contributed by atoms with E-state index >= 15 is 0 Å². The monoisotopic (exact) mass is 582 g/mol. The molecule has 4 aromatic rings. The number of hydrogen-bond donors (Lipinski definition) is 1. The minimum atomic E-state index is -0.815. The van der Waals surface area contributed by atoms with Crippen molar-refractivity contribution >= 4 is 66.7 Å². The molecular weight excluding hydrogens is 563 g/mol. The Labute approximate surface area is 213 Å². The molecule has 0 spiro atoms. The predicted molar refractivity (Wildman–Crippen MR) is 141 cm³/mol. The molecular formula is C26H19IN2O4S. The molecule has 3 aromatic carbocycles. The first-order chi connectivity index (χ1) is 16.4. The van der Waals surface area contributed by atoms with Crippen LogP contribution in [0.1, 0.15) is 22.7 Å². The van der Waals surface area contributed by atoms with E-state index in [-0.39, 0.29) is 11.3 Å². The molecule has 1 aromatic heterocycles. The van der Waals surface area contributed by atoms with Crippen LogP contribution in [0, 0.1) is 10.5 Å². The molecule has 1 N–H and O–H groups in total. The Kier molecular flexibility index (Phi) is 5.86. The molecule has 170 valence electrons. The number of ether oxygens (including phenoxy) is 1. The van der Waals surface area contributed by atoms with Crippen LogP contribution in [-0.4, -0.2) is 28.9 Å². The summed E-state index contributed by atoms with van der Waals surface area (Å²) in [5, 5.41) is 11.7. The van der Waals surface area contributed by atoms with Crippen molar-refractivity contribution in [3.63, 3.8) is 0 Å². The fourth-order valence-electron chi connectivity index (χ4n) is 4.04. The number of amides is 1. The van der Waals surface area contributed by atoms with E-state index in [2.05, 4.69) is 27.6 Å². The molecule has 0 aliphatic carbocycles. The van der Waals surface area contributed by atoms with E-state index in [9.17, 15) is 14.7 Å². The van der Waals surface area contributed by atoms with Gasteiger partial charge in [-0.15, -0.1) is 0 Å². The first-order valence-corrected chi connectivity index (χ1v) is 12.3. The number of rotatable bonds is 4.